The van der Waals surface area contributed by atoms with Crippen molar-refractivity contribution in [2.75, 3.05) is 17.3 Å². The number of nitrogens with zero attached hydrogens (tertiary/aromatic N) is 1. The lowest BCUT2D eigenvalue weighted by atomic mass is 9.82. The first-order valence-corrected chi connectivity index (χ1v) is 11.3. The van der Waals surface area contributed by atoms with Crippen molar-refractivity contribution >= 4 is 23.2 Å². The third-order valence-electron chi connectivity index (χ3n) is 6.48. The summed E-state index contributed by atoms with van der Waals surface area (Å²) in [5.41, 5.74) is 5.78. The Kier molecular flexibility index (Phi) is 6.50. The number of carbonyl (C=O) groups excluding carboxylic acids is 2. The van der Waals surface area contributed by atoms with E-state index in [1.807, 2.05) is 87.5 Å². The van der Waals surface area contributed by atoms with Crippen LogP contribution in [0.2, 0.25) is 0 Å². The van der Waals surface area contributed by atoms with Crippen LogP contribution in [0, 0.1) is 26.7 Å². The molecular weight excluding hydrogens is 412 g/mol. The fourth-order valence-corrected chi connectivity index (χ4v) is 4.50. The summed E-state index contributed by atoms with van der Waals surface area (Å²) in [5, 5.41) is 3.10. The van der Waals surface area contributed by atoms with Gasteiger partial charge in [-0.3, -0.25) is 9.59 Å². The Balaban J connectivity index is 1.77. The Labute approximate surface area is 195 Å². The van der Waals surface area contributed by atoms with Gasteiger partial charge >= 0.3 is 0 Å². The van der Waals surface area contributed by atoms with Gasteiger partial charge in [-0.25, -0.2) is 0 Å². The van der Waals surface area contributed by atoms with Gasteiger partial charge in [0.05, 0.1) is 19.1 Å². The number of hydrogen-bond acceptors (Lipinski definition) is 3. The van der Waals surface area contributed by atoms with Gasteiger partial charge in [0.15, 0.2) is 0 Å². The van der Waals surface area contributed by atoms with Crippen LogP contribution in [-0.4, -0.2) is 18.9 Å². The van der Waals surface area contributed by atoms with Gasteiger partial charge in [-0.05, 0) is 68.7 Å². The third kappa shape index (κ3) is 4.63. The number of piperidine rings is 1. The van der Waals surface area contributed by atoms with E-state index < -0.39 is 12.0 Å². The smallest absolute Gasteiger partial charge is 0.229 e. The van der Waals surface area contributed by atoms with Crippen molar-refractivity contribution in [3.05, 3.63) is 89.0 Å². The van der Waals surface area contributed by atoms with Gasteiger partial charge < -0.3 is 15.0 Å². The van der Waals surface area contributed by atoms with Gasteiger partial charge in [-0.2, -0.15) is 0 Å². The molecule has 0 unspecified atom stereocenters. The van der Waals surface area contributed by atoms with E-state index in [1.165, 1.54) is 5.56 Å². The van der Waals surface area contributed by atoms with Gasteiger partial charge in [-0.1, -0.05) is 42.0 Å². The summed E-state index contributed by atoms with van der Waals surface area (Å²) in [4.78, 5) is 28.6. The molecule has 4 rings (SSSR count). The molecule has 2 atom stereocenters. The van der Waals surface area contributed by atoms with Crippen LogP contribution >= 0.6 is 0 Å². The summed E-state index contributed by atoms with van der Waals surface area (Å²) in [6.07, 6.45) is 0.783. The van der Waals surface area contributed by atoms with E-state index in [4.69, 9.17) is 4.74 Å². The second kappa shape index (κ2) is 9.49. The van der Waals surface area contributed by atoms with Crippen LogP contribution in [-0.2, 0) is 9.59 Å². The number of ether oxygens (including phenoxy) is 1. The molecule has 5 heteroatoms. The first-order valence-electron chi connectivity index (χ1n) is 11.3. The molecule has 0 spiro atoms. The number of methoxy groups -OCH3 is 1. The molecule has 33 heavy (non-hydrogen) atoms. The van der Waals surface area contributed by atoms with Gasteiger partial charge in [0.1, 0.15) is 5.75 Å². The van der Waals surface area contributed by atoms with Crippen LogP contribution in [0.25, 0.3) is 0 Å². The third-order valence-corrected chi connectivity index (χ3v) is 6.48. The summed E-state index contributed by atoms with van der Waals surface area (Å²) >= 11 is 0. The van der Waals surface area contributed by atoms with Crippen molar-refractivity contribution in [1.29, 1.82) is 0 Å². The standard InChI is InChI=1S/C28H30N2O3/c1-18-9-13-22(14-10-18)30-26(31)16-15-24(27(30)23-7-5-6-8-25(23)33-4)28(32)29-21-12-11-19(2)20(3)17-21/h5-14,17,24,27H,15-16H2,1-4H3,(H,29,32)/t24-,27-/m0/s1. The van der Waals surface area contributed by atoms with Crippen molar-refractivity contribution in [3.63, 3.8) is 0 Å². The van der Waals surface area contributed by atoms with Crippen LogP contribution in [0.5, 0.6) is 5.75 Å². The highest BCUT2D eigenvalue weighted by molar-refractivity contribution is 6.00. The molecule has 0 bridgehead atoms. The number of hydrogen-bond donors (Lipinski definition) is 1. The molecule has 1 aliphatic rings. The first kappa shape index (κ1) is 22.6. The fourth-order valence-electron chi connectivity index (χ4n) is 4.50. The molecule has 1 heterocycles. The van der Waals surface area contributed by atoms with E-state index in [9.17, 15) is 9.59 Å². The number of anilines is 2. The predicted octanol–water partition coefficient (Wildman–Crippen LogP) is 5.74. The molecule has 3 aromatic carbocycles. The highest BCUT2D eigenvalue weighted by Gasteiger charge is 2.42. The van der Waals surface area contributed by atoms with E-state index in [1.54, 1.807) is 12.0 Å². The van der Waals surface area contributed by atoms with Crippen molar-refractivity contribution < 1.29 is 14.3 Å². The minimum Gasteiger partial charge on any atom is -0.496 e. The van der Waals surface area contributed by atoms with Crippen LogP contribution < -0.4 is 15.0 Å². The molecule has 3 aromatic rings. The number of para-hydroxylation sites is 1. The van der Waals surface area contributed by atoms with Gasteiger partial charge in [0, 0.05) is 23.4 Å². The van der Waals surface area contributed by atoms with Crippen molar-refractivity contribution in [1.82, 2.24) is 0 Å². The molecule has 0 aromatic heterocycles. The minimum atomic E-state index is -0.475. The lowest BCUT2D eigenvalue weighted by Crippen LogP contribution is -2.47. The maximum Gasteiger partial charge on any atom is 0.229 e. The molecule has 1 fully saturated rings. The Morgan fingerprint density at radius 3 is 2.39 bits per heavy atom. The van der Waals surface area contributed by atoms with Gasteiger partial charge in [0.25, 0.3) is 0 Å². The van der Waals surface area contributed by atoms with E-state index in [0.717, 1.165) is 28.1 Å². The second-order valence-electron chi connectivity index (χ2n) is 8.72. The monoisotopic (exact) mass is 442 g/mol. The molecule has 1 aliphatic heterocycles. The predicted molar refractivity (Wildman–Crippen MR) is 132 cm³/mol. The summed E-state index contributed by atoms with van der Waals surface area (Å²) < 4.78 is 5.64. The highest BCUT2D eigenvalue weighted by Crippen LogP contribution is 2.43. The van der Waals surface area contributed by atoms with E-state index in [2.05, 4.69) is 5.32 Å². The quantitative estimate of drug-likeness (QED) is 0.548. The SMILES string of the molecule is COc1ccccc1[C@H]1[C@@H](C(=O)Nc2ccc(C)c(C)c2)CCC(=O)N1c1ccc(C)cc1. The maximum atomic E-state index is 13.6. The average Bonchev–Trinajstić information content (AvgIpc) is 2.82. The molecule has 0 radical (unpaired) electrons. The first-order chi connectivity index (χ1) is 15.9. The van der Waals surface area contributed by atoms with Crippen molar-refractivity contribution in [3.8, 4) is 5.75 Å². The zero-order chi connectivity index (χ0) is 23.5. The fraction of sp³-hybridized carbons (Fsp3) is 0.286. The number of rotatable bonds is 5. The molecule has 0 aliphatic carbocycles. The lowest BCUT2D eigenvalue weighted by Gasteiger charge is -2.41. The van der Waals surface area contributed by atoms with Gasteiger partial charge in [0.2, 0.25) is 11.8 Å². The molecule has 2 amide bonds. The van der Waals surface area contributed by atoms with Crippen molar-refractivity contribution in [2.45, 2.75) is 39.7 Å². The summed E-state index contributed by atoms with van der Waals surface area (Å²) in [7, 11) is 1.61. The zero-order valence-corrected chi connectivity index (χ0v) is 19.6. The van der Waals surface area contributed by atoms with Crippen LogP contribution in [0.1, 0.15) is 41.1 Å². The molecule has 1 saturated heterocycles. The number of aryl methyl sites for hydroxylation is 3. The minimum absolute atomic E-state index is 0.00462. The second-order valence-corrected chi connectivity index (χ2v) is 8.72. The van der Waals surface area contributed by atoms with Crippen LogP contribution in [0.3, 0.4) is 0 Å². The number of nitrogens with one attached hydrogen (secondary N) is 1. The van der Waals surface area contributed by atoms with Crippen molar-refractivity contribution in [2.24, 2.45) is 5.92 Å². The van der Waals surface area contributed by atoms with E-state index in [0.29, 0.717) is 18.6 Å². The Morgan fingerprint density at radius 1 is 0.970 bits per heavy atom. The number of amides is 2. The zero-order valence-electron chi connectivity index (χ0n) is 19.6. The largest absolute Gasteiger partial charge is 0.496 e. The van der Waals surface area contributed by atoms with Gasteiger partial charge in [-0.15, -0.1) is 0 Å². The highest BCUT2D eigenvalue weighted by atomic mass is 16.5. The number of benzene rings is 3. The molecular formula is C28H30N2O3. The van der Waals surface area contributed by atoms with Crippen LogP contribution in [0.4, 0.5) is 11.4 Å². The van der Waals surface area contributed by atoms with Crippen LogP contribution in [0.15, 0.2) is 66.7 Å². The number of carbonyl (C=O) groups is 2. The molecule has 5 nitrogen and oxygen atoms in total. The average molecular weight is 443 g/mol. The Hall–Kier alpha value is -3.60. The Bertz CT molecular complexity index is 1170. The summed E-state index contributed by atoms with van der Waals surface area (Å²) in [6.45, 7) is 6.09. The van der Waals surface area contributed by atoms with E-state index in [-0.39, 0.29) is 11.8 Å². The van der Waals surface area contributed by atoms with E-state index >= 15 is 0 Å². The summed E-state index contributed by atoms with van der Waals surface area (Å²) in [5.74, 6) is 0.143. The molecule has 170 valence electrons. The molecule has 0 saturated carbocycles. The molecule has 1 N–H and O–H groups in total. The summed E-state index contributed by atoms with van der Waals surface area (Å²) in [6, 6.07) is 20.9. The normalized spacial score (nSPS) is 18.2. The Morgan fingerprint density at radius 2 is 1.70 bits per heavy atom. The lowest BCUT2D eigenvalue weighted by molar-refractivity contribution is -0.125. The maximum absolute atomic E-state index is 13.6. The topological polar surface area (TPSA) is 58.6 Å².